The summed E-state index contributed by atoms with van der Waals surface area (Å²) in [7, 11) is 2.03. The molecule has 1 aromatic rings. The van der Waals surface area contributed by atoms with E-state index in [0.29, 0.717) is 6.04 Å². The van der Waals surface area contributed by atoms with Gasteiger partial charge in [0.1, 0.15) is 11.9 Å². The monoisotopic (exact) mass is 247 g/mol. The predicted molar refractivity (Wildman–Crippen MR) is 71.0 cm³/mol. The highest BCUT2D eigenvalue weighted by atomic mass is 16.5. The van der Waals surface area contributed by atoms with Crippen molar-refractivity contribution in [2.24, 2.45) is 0 Å². The van der Waals surface area contributed by atoms with Crippen LogP contribution in [0.2, 0.25) is 0 Å². The van der Waals surface area contributed by atoms with Gasteiger partial charge in [0, 0.05) is 12.6 Å². The second kappa shape index (κ2) is 5.29. The first-order valence-electron chi connectivity index (χ1n) is 6.91. The van der Waals surface area contributed by atoms with E-state index in [4.69, 9.17) is 9.47 Å². The number of aryl methyl sites for hydroxylation is 1. The Morgan fingerprint density at radius 3 is 3.06 bits per heavy atom. The summed E-state index contributed by atoms with van der Waals surface area (Å²) in [6.07, 6.45) is 4.80. The summed E-state index contributed by atoms with van der Waals surface area (Å²) in [4.78, 5) is 0. The van der Waals surface area contributed by atoms with Gasteiger partial charge >= 0.3 is 0 Å². The first-order valence-corrected chi connectivity index (χ1v) is 6.91. The summed E-state index contributed by atoms with van der Waals surface area (Å²) >= 11 is 0. The molecule has 3 nitrogen and oxygen atoms in total. The van der Waals surface area contributed by atoms with Crippen molar-refractivity contribution in [1.29, 1.82) is 0 Å². The smallest absolute Gasteiger partial charge is 0.122 e. The molecule has 1 saturated heterocycles. The Bertz CT molecular complexity index is 413. The molecule has 1 aliphatic carbocycles. The lowest BCUT2D eigenvalue weighted by Gasteiger charge is -2.23. The third kappa shape index (κ3) is 2.38. The molecule has 98 valence electrons. The minimum atomic E-state index is 0.235. The minimum absolute atomic E-state index is 0.235. The van der Waals surface area contributed by atoms with E-state index in [0.717, 1.165) is 38.2 Å². The van der Waals surface area contributed by atoms with E-state index >= 15 is 0 Å². The summed E-state index contributed by atoms with van der Waals surface area (Å²) in [5.74, 6) is 1.00. The van der Waals surface area contributed by atoms with E-state index in [-0.39, 0.29) is 6.10 Å². The maximum absolute atomic E-state index is 6.00. The van der Waals surface area contributed by atoms with Crippen LogP contribution < -0.4 is 10.1 Å². The zero-order valence-corrected chi connectivity index (χ0v) is 10.9. The molecule has 0 aromatic heterocycles. The van der Waals surface area contributed by atoms with Crippen molar-refractivity contribution in [1.82, 2.24) is 5.32 Å². The predicted octanol–water partition coefficient (Wildman–Crippen LogP) is 2.45. The fraction of sp³-hybridized carbons (Fsp3) is 0.600. The van der Waals surface area contributed by atoms with Crippen LogP contribution in [0.15, 0.2) is 18.2 Å². The molecule has 0 saturated carbocycles. The Morgan fingerprint density at radius 2 is 2.28 bits per heavy atom. The van der Waals surface area contributed by atoms with Crippen LogP contribution in [0.1, 0.15) is 36.4 Å². The number of hydrogen-bond acceptors (Lipinski definition) is 3. The normalized spacial score (nSPS) is 26.9. The summed E-state index contributed by atoms with van der Waals surface area (Å²) < 4.78 is 11.5. The average Bonchev–Trinajstić information content (AvgIpc) is 2.82. The molecule has 1 heterocycles. The zero-order valence-electron chi connectivity index (χ0n) is 10.9. The summed E-state index contributed by atoms with van der Waals surface area (Å²) in [5.41, 5.74) is 2.87. The zero-order chi connectivity index (χ0) is 12.4. The number of nitrogens with one attached hydrogen (secondary N) is 1. The lowest BCUT2D eigenvalue weighted by molar-refractivity contribution is 0.00740. The van der Waals surface area contributed by atoms with Crippen LogP contribution >= 0.6 is 0 Å². The molecule has 0 bridgehead atoms. The van der Waals surface area contributed by atoms with Gasteiger partial charge in [-0.25, -0.2) is 0 Å². The van der Waals surface area contributed by atoms with E-state index in [1.807, 2.05) is 7.05 Å². The third-order valence-electron chi connectivity index (χ3n) is 3.96. The van der Waals surface area contributed by atoms with Crippen LogP contribution in [0.4, 0.5) is 0 Å². The number of benzene rings is 1. The van der Waals surface area contributed by atoms with Crippen LogP contribution in [-0.2, 0) is 11.2 Å². The van der Waals surface area contributed by atoms with Crippen molar-refractivity contribution in [3.8, 4) is 5.75 Å². The first kappa shape index (κ1) is 12.0. The van der Waals surface area contributed by atoms with Gasteiger partial charge in [-0.2, -0.15) is 0 Å². The molecule has 0 radical (unpaired) electrons. The molecule has 2 atom stereocenters. The number of rotatable bonds is 3. The summed E-state index contributed by atoms with van der Waals surface area (Å²) in [6.45, 7) is 1.62. The molecule has 0 amide bonds. The van der Waals surface area contributed by atoms with Crippen LogP contribution in [0.3, 0.4) is 0 Å². The number of fused-ring (bicyclic) bond motifs is 1. The molecule has 3 heteroatoms. The standard InChI is InChI=1S/C15H21NO2/c1-16-15-7-4-11-9-12(5-6-14(11)15)18-13-3-2-8-17-10-13/h5-6,9,13,15-16H,2-4,7-8,10H2,1H3. The Labute approximate surface area is 108 Å². The average molecular weight is 247 g/mol. The lowest BCUT2D eigenvalue weighted by Crippen LogP contribution is -2.28. The molecule has 1 fully saturated rings. The van der Waals surface area contributed by atoms with E-state index in [1.54, 1.807) is 0 Å². The fourth-order valence-corrected chi connectivity index (χ4v) is 2.96. The van der Waals surface area contributed by atoms with Gasteiger partial charge in [0.05, 0.1) is 6.61 Å². The van der Waals surface area contributed by atoms with Crippen LogP contribution in [0.25, 0.3) is 0 Å². The van der Waals surface area contributed by atoms with E-state index in [2.05, 4.69) is 23.5 Å². The van der Waals surface area contributed by atoms with Gasteiger partial charge in [-0.1, -0.05) is 6.07 Å². The van der Waals surface area contributed by atoms with Crippen LogP contribution in [0, 0.1) is 0 Å². The molecule has 1 aromatic carbocycles. The molecular weight excluding hydrogens is 226 g/mol. The topological polar surface area (TPSA) is 30.5 Å². The second-order valence-corrected chi connectivity index (χ2v) is 5.20. The Hall–Kier alpha value is -1.06. The third-order valence-corrected chi connectivity index (χ3v) is 3.96. The van der Waals surface area contributed by atoms with Gasteiger partial charge in [-0.3, -0.25) is 0 Å². The van der Waals surface area contributed by atoms with E-state index in [9.17, 15) is 0 Å². The van der Waals surface area contributed by atoms with Crippen LogP contribution in [0.5, 0.6) is 5.75 Å². The van der Waals surface area contributed by atoms with Crippen molar-refractivity contribution in [2.45, 2.75) is 37.8 Å². The van der Waals surface area contributed by atoms with Crippen molar-refractivity contribution in [3.05, 3.63) is 29.3 Å². The van der Waals surface area contributed by atoms with E-state index < -0.39 is 0 Å². The first-order chi connectivity index (χ1) is 8.86. The molecule has 1 N–H and O–H groups in total. The number of hydrogen-bond donors (Lipinski definition) is 1. The Morgan fingerprint density at radius 1 is 1.33 bits per heavy atom. The molecule has 2 aliphatic rings. The summed E-state index contributed by atoms with van der Waals surface area (Å²) in [5, 5.41) is 3.36. The molecular formula is C15H21NO2. The highest BCUT2D eigenvalue weighted by Crippen LogP contribution is 2.33. The van der Waals surface area contributed by atoms with Gasteiger partial charge < -0.3 is 14.8 Å². The fourth-order valence-electron chi connectivity index (χ4n) is 2.96. The summed E-state index contributed by atoms with van der Waals surface area (Å²) in [6, 6.07) is 7.04. The van der Waals surface area contributed by atoms with Crippen molar-refractivity contribution < 1.29 is 9.47 Å². The number of ether oxygens (including phenoxy) is 2. The van der Waals surface area contributed by atoms with Crippen molar-refractivity contribution >= 4 is 0 Å². The van der Waals surface area contributed by atoms with Crippen molar-refractivity contribution in [3.63, 3.8) is 0 Å². The molecule has 3 rings (SSSR count). The lowest BCUT2D eigenvalue weighted by atomic mass is 10.1. The van der Waals surface area contributed by atoms with Gasteiger partial charge in [0.2, 0.25) is 0 Å². The highest BCUT2D eigenvalue weighted by molar-refractivity contribution is 5.40. The molecule has 0 spiro atoms. The van der Waals surface area contributed by atoms with Gasteiger partial charge in [0.25, 0.3) is 0 Å². The van der Waals surface area contributed by atoms with Gasteiger partial charge in [0.15, 0.2) is 0 Å². The van der Waals surface area contributed by atoms with E-state index in [1.165, 1.54) is 17.5 Å². The minimum Gasteiger partial charge on any atom is -0.488 e. The van der Waals surface area contributed by atoms with Crippen molar-refractivity contribution in [2.75, 3.05) is 20.3 Å². The Balaban J connectivity index is 1.70. The van der Waals surface area contributed by atoms with Gasteiger partial charge in [-0.05, 0) is 56.0 Å². The second-order valence-electron chi connectivity index (χ2n) is 5.20. The highest BCUT2D eigenvalue weighted by Gasteiger charge is 2.22. The maximum atomic E-state index is 6.00. The van der Waals surface area contributed by atoms with Crippen LogP contribution in [-0.4, -0.2) is 26.4 Å². The molecule has 2 unspecified atom stereocenters. The van der Waals surface area contributed by atoms with Gasteiger partial charge in [-0.15, -0.1) is 0 Å². The quantitative estimate of drug-likeness (QED) is 0.890. The Kier molecular flexibility index (Phi) is 3.52. The molecule has 1 aliphatic heterocycles. The SMILES string of the molecule is CNC1CCc2cc(OC3CCCOC3)ccc21. The molecule has 18 heavy (non-hydrogen) atoms. The largest absolute Gasteiger partial charge is 0.488 e. The maximum Gasteiger partial charge on any atom is 0.122 e.